The molecule has 0 spiro atoms. The van der Waals surface area contributed by atoms with Gasteiger partial charge in [0.2, 0.25) is 0 Å². The Bertz CT molecular complexity index is 646. The Kier molecular flexibility index (Phi) is 7.29. The molecule has 0 bridgehead atoms. The van der Waals surface area contributed by atoms with Crippen LogP contribution in [0.25, 0.3) is 11.1 Å². The predicted molar refractivity (Wildman–Crippen MR) is 98.0 cm³/mol. The standard InChI is InChI=1S/C19H27O4P/c1-4-7-13-21-19-14-16(11-12-17-9-8-10-18(17)19)15-24(20,22-5-2)23-6-3/h8-12,14H,4-7,13,15H2,1-3H3. The molecule has 2 aliphatic carbocycles. The first-order valence-corrected chi connectivity index (χ1v) is 10.4. The molecule has 0 N–H and O–H groups in total. The zero-order valence-electron chi connectivity index (χ0n) is 14.8. The molecule has 0 aromatic heterocycles. The zero-order chi connectivity index (χ0) is 17.4. The smallest absolute Gasteiger partial charge is 0.335 e. The van der Waals surface area contributed by atoms with Crippen LogP contribution in [0.15, 0.2) is 36.4 Å². The zero-order valence-corrected chi connectivity index (χ0v) is 15.7. The van der Waals surface area contributed by atoms with E-state index in [4.69, 9.17) is 13.8 Å². The Morgan fingerprint density at radius 3 is 2.42 bits per heavy atom. The molecule has 0 aromatic carbocycles. The Balaban J connectivity index is 2.32. The molecule has 0 unspecified atom stereocenters. The third-order valence-corrected chi connectivity index (χ3v) is 5.75. The minimum Gasteiger partial charge on any atom is -0.493 e. The van der Waals surface area contributed by atoms with Crippen molar-refractivity contribution in [3.63, 3.8) is 0 Å². The summed E-state index contributed by atoms with van der Waals surface area (Å²) in [6.45, 7) is 7.19. The van der Waals surface area contributed by atoms with Crippen molar-refractivity contribution in [2.45, 2.75) is 39.8 Å². The molecule has 0 aromatic rings. The first kappa shape index (κ1) is 19.0. The Morgan fingerprint density at radius 1 is 1.00 bits per heavy atom. The second-order valence-corrected chi connectivity index (χ2v) is 7.67. The summed E-state index contributed by atoms with van der Waals surface area (Å²) in [5.74, 6) is 0.822. The Hall–Kier alpha value is -1.35. The molecule has 2 rings (SSSR count). The molecule has 0 saturated heterocycles. The molecular weight excluding hydrogens is 323 g/mol. The molecular formula is C19H27O4P. The lowest BCUT2D eigenvalue weighted by atomic mass is 10.2. The Morgan fingerprint density at radius 2 is 1.75 bits per heavy atom. The first-order valence-electron chi connectivity index (χ1n) is 8.64. The maximum atomic E-state index is 12.8. The third kappa shape index (κ3) is 5.07. The molecule has 0 saturated carbocycles. The first-order chi connectivity index (χ1) is 11.6. The van der Waals surface area contributed by atoms with Gasteiger partial charge in [0.05, 0.1) is 26.0 Å². The van der Waals surface area contributed by atoms with E-state index in [1.165, 1.54) is 0 Å². The van der Waals surface area contributed by atoms with Crippen LogP contribution in [0.5, 0.6) is 5.75 Å². The molecule has 132 valence electrons. The van der Waals surface area contributed by atoms with Gasteiger partial charge in [-0.2, -0.15) is 0 Å². The van der Waals surface area contributed by atoms with Crippen LogP contribution in [-0.2, 0) is 19.8 Å². The number of ether oxygens (including phenoxy) is 1. The minimum absolute atomic E-state index is 0.246. The van der Waals surface area contributed by atoms with E-state index in [-0.39, 0.29) is 6.16 Å². The molecule has 0 heterocycles. The summed E-state index contributed by atoms with van der Waals surface area (Å²) in [6, 6.07) is 12.1. The van der Waals surface area contributed by atoms with Crippen molar-refractivity contribution in [3.8, 4) is 16.9 Å². The average Bonchev–Trinajstić information content (AvgIpc) is 2.94. The summed E-state index contributed by atoms with van der Waals surface area (Å²) < 4.78 is 29.6. The van der Waals surface area contributed by atoms with Crippen molar-refractivity contribution in [2.24, 2.45) is 0 Å². The molecule has 0 aliphatic heterocycles. The number of hydrogen-bond donors (Lipinski definition) is 0. The molecule has 0 fully saturated rings. The fourth-order valence-corrected chi connectivity index (χ4v) is 4.27. The lowest BCUT2D eigenvalue weighted by molar-refractivity contribution is 0.219. The highest BCUT2D eigenvalue weighted by molar-refractivity contribution is 7.53. The van der Waals surface area contributed by atoms with Gasteiger partial charge in [-0.15, -0.1) is 0 Å². The molecule has 0 amide bonds. The Labute approximate surface area is 145 Å². The van der Waals surface area contributed by atoms with Crippen molar-refractivity contribution < 1.29 is 18.3 Å². The SMILES string of the molecule is CCCCOc1cc(CP(=O)(OCC)OCC)ccc2cccc1-2. The maximum absolute atomic E-state index is 12.8. The lowest BCUT2D eigenvalue weighted by Crippen LogP contribution is -1.99. The van der Waals surface area contributed by atoms with E-state index in [0.29, 0.717) is 19.8 Å². The number of hydrogen-bond acceptors (Lipinski definition) is 4. The van der Waals surface area contributed by atoms with Crippen molar-refractivity contribution in [1.29, 1.82) is 0 Å². The topological polar surface area (TPSA) is 44.8 Å². The maximum Gasteiger partial charge on any atom is 0.335 e. The van der Waals surface area contributed by atoms with E-state index in [2.05, 4.69) is 13.0 Å². The minimum atomic E-state index is -3.13. The number of rotatable bonds is 10. The molecule has 24 heavy (non-hydrogen) atoms. The number of unbranched alkanes of at least 4 members (excludes halogenated alkanes) is 1. The molecule has 5 heteroatoms. The number of fused-ring (bicyclic) bond motifs is 1. The second kappa shape index (κ2) is 9.22. The van der Waals surface area contributed by atoms with Gasteiger partial charge in [0, 0.05) is 5.56 Å². The van der Waals surface area contributed by atoms with Crippen molar-refractivity contribution >= 4 is 7.60 Å². The van der Waals surface area contributed by atoms with Crippen LogP contribution < -0.4 is 4.74 Å². The summed E-state index contributed by atoms with van der Waals surface area (Å²) in [5.41, 5.74) is 3.07. The van der Waals surface area contributed by atoms with Gasteiger partial charge in [0.1, 0.15) is 5.75 Å². The quantitative estimate of drug-likeness (QED) is 0.405. The fourth-order valence-electron chi connectivity index (χ4n) is 2.58. The van der Waals surface area contributed by atoms with Gasteiger partial charge in [0.25, 0.3) is 0 Å². The summed E-state index contributed by atoms with van der Waals surface area (Å²) in [5, 5.41) is 0. The van der Waals surface area contributed by atoms with Gasteiger partial charge in [-0.05, 0) is 37.5 Å². The fraction of sp³-hybridized carbons (Fsp3) is 0.474. The third-order valence-electron chi connectivity index (χ3n) is 3.69. The summed E-state index contributed by atoms with van der Waals surface area (Å²) >= 11 is 0. The normalized spacial score (nSPS) is 11.8. The van der Waals surface area contributed by atoms with Gasteiger partial charge in [0.15, 0.2) is 0 Å². The van der Waals surface area contributed by atoms with E-state index < -0.39 is 7.60 Å². The van der Waals surface area contributed by atoms with Crippen LogP contribution in [0.4, 0.5) is 0 Å². The van der Waals surface area contributed by atoms with Gasteiger partial charge >= 0.3 is 7.60 Å². The van der Waals surface area contributed by atoms with Crippen LogP contribution in [-0.4, -0.2) is 19.8 Å². The molecule has 0 atom stereocenters. The lowest BCUT2D eigenvalue weighted by Gasteiger charge is -2.16. The van der Waals surface area contributed by atoms with Crippen LogP contribution in [0.1, 0.15) is 39.2 Å². The highest BCUT2D eigenvalue weighted by Gasteiger charge is 2.24. The second-order valence-electron chi connectivity index (χ2n) is 5.62. The van der Waals surface area contributed by atoms with Crippen LogP contribution in [0.2, 0.25) is 0 Å². The van der Waals surface area contributed by atoms with Gasteiger partial charge < -0.3 is 13.8 Å². The van der Waals surface area contributed by atoms with Crippen LogP contribution >= 0.6 is 7.60 Å². The highest BCUT2D eigenvalue weighted by atomic mass is 31.2. The molecule has 4 nitrogen and oxygen atoms in total. The summed E-state index contributed by atoms with van der Waals surface area (Å²) in [6.07, 6.45) is 2.34. The van der Waals surface area contributed by atoms with Gasteiger partial charge in [-0.1, -0.05) is 43.7 Å². The van der Waals surface area contributed by atoms with Crippen molar-refractivity contribution in [1.82, 2.24) is 0 Å². The van der Waals surface area contributed by atoms with E-state index >= 15 is 0 Å². The predicted octanol–water partition coefficient (Wildman–Crippen LogP) is 5.74. The van der Waals surface area contributed by atoms with E-state index in [1.807, 2.05) is 44.2 Å². The monoisotopic (exact) mass is 350 g/mol. The van der Waals surface area contributed by atoms with Crippen LogP contribution in [0.3, 0.4) is 0 Å². The van der Waals surface area contributed by atoms with Gasteiger partial charge in [-0.25, -0.2) is 0 Å². The van der Waals surface area contributed by atoms with Crippen molar-refractivity contribution in [2.75, 3.05) is 19.8 Å². The van der Waals surface area contributed by atoms with Gasteiger partial charge in [-0.3, -0.25) is 4.57 Å². The van der Waals surface area contributed by atoms with E-state index in [1.54, 1.807) is 0 Å². The summed E-state index contributed by atoms with van der Waals surface area (Å²) in [4.78, 5) is 0. The molecule has 0 radical (unpaired) electrons. The van der Waals surface area contributed by atoms with E-state index in [9.17, 15) is 4.57 Å². The van der Waals surface area contributed by atoms with Crippen molar-refractivity contribution in [3.05, 3.63) is 42.0 Å². The average molecular weight is 350 g/mol. The molecule has 2 aliphatic rings. The largest absolute Gasteiger partial charge is 0.493 e. The summed E-state index contributed by atoms with van der Waals surface area (Å²) in [7, 11) is -3.13. The van der Waals surface area contributed by atoms with Crippen LogP contribution in [0, 0.1) is 0 Å². The van der Waals surface area contributed by atoms with E-state index in [0.717, 1.165) is 35.3 Å². The highest BCUT2D eigenvalue weighted by Crippen LogP contribution is 2.51.